The van der Waals surface area contributed by atoms with Crippen LogP contribution >= 0.6 is 0 Å². The summed E-state index contributed by atoms with van der Waals surface area (Å²) in [6.07, 6.45) is 7.87. The second-order valence-corrected chi connectivity index (χ2v) is 4.08. The van der Waals surface area contributed by atoms with Gasteiger partial charge in [0.15, 0.2) is 0 Å². The minimum Gasteiger partial charge on any atom is -0.287 e. The molecule has 0 bridgehead atoms. The van der Waals surface area contributed by atoms with Crippen molar-refractivity contribution in [2.75, 3.05) is 0 Å². The van der Waals surface area contributed by atoms with Crippen LogP contribution in [0, 0.1) is 0 Å². The summed E-state index contributed by atoms with van der Waals surface area (Å²) in [6, 6.07) is 0. The zero-order chi connectivity index (χ0) is 9.61. The molecule has 0 N–H and O–H groups in total. The average molecular weight is 165 g/mol. The van der Waals surface area contributed by atoms with Crippen molar-refractivity contribution in [3.63, 3.8) is 0 Å². The Morgan fingerprint density at radius 1 is 1.08 bits per heavy atom. The summed E-state index contributed by atoms with van der Waals surface area (Å²) < 4.78 is 0. The normalized spacial score (nSPS) is 12.8. The maximum Gasteiger partial charge on any atom is 0.0524 e. The van der Waals surface area contributed by atoms with E-state index in [1.165, 1.54) is 5.57 Å². The van der Waals surface area contributed by atoms with Gasteiger partial charge in [0.05, 0.1) is 5.54 Å². The van der Waals surface area contributed by atoms with E-state index in [-0.39, 0.29) is 5.54 Å². The van der Waals surface area contributed by atoms with E-state index < -0.39 is 0 Å². The summed E-state index contributed by atoms with van der Waals surface area (Å²) in [5.41, 5.74) is 1.34. The zero-order valence-corrected chi connectivity index (χ0v) is 8.76. The van der Waals surface area contributed by atoms with E-state index in [9.17, 15) is 0 Å². The molecule has 1 heteroatoms. The molecule has 0 amide bonds. The molecule has 0 fully saturated rings. The molecule has 0 aliphatic carbocycles. The Balaban J connectivity index is 3.91. The van der Waals surface area contributed by atoms with Crippen LogP contribution in [0.4, 0.5) is 0 Å². The third kappa shape index (κ3) is 9.15. The van der Waals surface area contributed by atoms with Gasteiger partial charge in [-0.3, -0.25) is 4.99 Å². The Hall–Kier alpha value is -0.850. The summed E-state index contributed by atoms with van der Waals surface area (Å²) in [5, 5.41) is 0. The molecule has 0 spiro atoms. The number of aliphatic imine (C=N–C) groups is 1. The van der Waals surface area contributed by atoms with E-state index in [2.05, 4.69) is 45.7 Å². The second-order valence-electron chi connectivity index (χ2n) is 4.08. The average Bonchev–Trinajstić information content (AvgIpc) is 1.83. The van der Waals surface area contributed by atoms with Gasteiger partial charge in [0.1, 0.15) is 0 Å². The van der Waals surface area contributed by atoms with E-state index in [4.69, 9.17) is 0 Å². The van der Waals surface area contributed by atoms with Gasteiger partial charge in [-0.15, -0.1) is 0 Å². The lowest BCUT2D eigenvalue weighted by molar-refractivity contribution is 0.587. The van der Waals surface area contributed by atoms with Crippen molar-refractivity contribution in [1.82, 2.24) is 0 Å². The Kier molecular flexibility index (Phi) is 4.57. The van der Waals surface area contributed by atoms with Gasteiger partial charge in [0.2, 0.25) is 0 Å². The molecular weight excluding hydrogens is 146 g/mol. The van der Waals surface area contributed by atoms with Crippen LogP contribution < -0.4 is 0 Å². The maximum absolute atomic E-state index is 4.31. The van der Waals surface area contributed by atoms with Crippen LogP contribution in [0.5, 0.6) is 0 Å². The molecule has 68 valence electrons. The van der Waals surface area contributed by atoms with Gasteiger partial charge in [0.25, 0.3) is 0 Å². The highest BCUT2D eigenvalue weighted by Crippen LogP contribution is 2.04. The quantitative estimate of drug-likeness (QED) is 0.439. The second kappa shape index (κ2) is 4.91. The molecule has 0 saturated carbocycles. The van der Waals surface area contributed by atoms with E-state index in [1.807, 2.05) is 18.4 Å². The molecule has 0 saturated heterocycles. The molecule has 0 rings (SSSR count). The number of hydrogen-bond donors (Lipinski definition) is 0. The van der Waals surface area contributed by atoms with Gasteiger partial charge < -0.3 is 0 Å². The van der Waals surface area contributed by atoms with Crippen molar-refractivity contribution in [1.29, 1.82) is 0 Å². The fraction of sp³-hybridized carbons (Fsp3) is 0.545. The molecule has 0 radical (unpaired) electrons. The molecule has 0 atom stereocenters. The van der Waals surface area contributed by atoms with Crippen molar-refractivity contribution >= 4 is 6.21 Å². The van der Waals surface area contributed by atoms with Crippen LogP contribution in [-0.2, 0) is 0 Å². The van der Waals surface area contributed by atoms with E-state index >= 15 is 0 Å². The van der Waals surface area contributed by atoms with E-state index in [0.717, 1.165) is 0 Å². The summed E-state index contributed by atoms with van der Waals surface area (Å²) in [4.78, 5) is 4.31. The zero-order valence-electron chi connectivity index (χ0n) is 8.76. The first-order valence-corrected chi connectivity index (χ1v) is 4.27. The highest BCUT2D eigenvalue weighted by molar-refractivity contribution is 5.71. The van der Waals surface area contributed by atoms with E-state index in [0.29, 0.717) is 0 Å². The molecule has 0 aromatic carbocycles. The largest absolute Gasteiger partial charge is 0.287 e. The lowest BCUT2D eigenvalue weighted by Crippen LogP contribution is -2.08. The lowest BCUT2D eigenvalue weighted by Gasteiger charge is -2.09. The molecule has 0 aliphatic heterocycles. The number of allylic oxidation sites excluding steroid dienone is 4. The van der Waals surface area contributed by atoms with Crippen LogP contribution in [0.15, 0.2) is 28.8 Å². The van der Waals surface area contributed by atoms with Crippen LogP contribution in [0.25, 0.3) is 0 Å². The Labute approximate surface area is 75.9 Å². The van der Waals surface area contributed by atoms with Gasteiger partial charge in [-0.25, -0.2) is 0 Å². The summed E-state index contributed by atoms with van der Waals surface area (Å²) in [5.74, 6) is 0. The maximum atomic E-state index is 4.31. The Bertz CT molecular complexity index is 198. The molecule has 0 aliphatic rings. The first kappa shape index (κ1) is 11.2. The summed E-state index contributed by atoms with van der Waals surface area (Å²) in [6.45, 7) is 10.4. The molecule has 12 heavy (non-hydrogen) atoms. The number of hydrogen-bond acceptors (Lipinski definition) is 1. The molecule has 0 aromatic heterocycles. The Morgan fingerprint density at radius 2 is 1.67 bits per heavy atom. The van der Waals surface area contributed by atoms with Crippen molar-refractivity contribution < 1.29 is 0 Å². The highest BCUT2D eigenvalue weighted by Gasteiger charge is 2.02. The topological polar surface area (TPSA) is 12.4 Å². The lowest BCUT2D eigenvalue weighted by atomic mass is 10.1. The predicted molar refractivity (Wildman–Crippen MR) is 56.8 cm³/mol. The smallest absolute Gasteiger partial charge is 0.0524 e. The highest BCUT2D eigenvalue weighted by atomic mass is 14.8. The van der Waals surface area contributed by atoms with Crippen LogP contribution in [0.1, 0.15) is 34.6 Å². The summed E-state index contributed by atoms with van der Waals surface area (Å²) >= 11 is 0. The first-order valence-electron chi connectivity index (χ1n) is 4.27. The van der Waals surface area contributed by atoms with Crippen molar-refractivity contribution in [2.24, 2.45) is 4.99 Å². The first-order chi connectivity index (χ1) is 5.42. The predicted octanol–water partition coefficient (Wildman–Crippen LogP) is 3.38. The molecule has 1 nitrogen and oxygen atoms in total. The number of rotatable bonds is 2. The van der Waals surface area contributed by atoms with E-state index in [1.54, 1.807) is 0 Å². The van der Waals surface area contributed by atoms with Gasteiger partial charge in [-0.2, -0.15) is 0 Å². The SMILES string of the molecule is CC(C)=C/C=C/C=NC(C)(C)C. The molecular formula is C11H19N. The molecule has 0 unspecified atom stereocenters. The van der Waals surface area contributed by atoms with Crippen molar-refractivity contribution in [3.05, 3.63) is 23.8 Å². The van der Waals surface area contributed by atoms with Gasteiger partial charge in [-0.05, 0) is 40.7 Å². The third-order valence-electron chi connectivity index (χ3n) is 1.09. The van der Waals surface area contributed by atoms with Gasteiger partial charge >= 0.3 is 0 Å². The van der Waals surface area contributed by atoms with Gasteiger partial charge in [-0.1, -0.05) is 17.7 Å². The fourth-order valence-corrected chi connectivity index (χ4v) is 0.564. The third-order valence-corrected chi connectivity index (χ3v) is 1.09. The summed E-state index contributed by atoms with van der Waals surface area (Å²) in [7, 11) is 0. The van der Waals surface area contributed by atoms with Crippen molar-refractivity contribution in [2.45, 2.75) is 40.2 Å². The van der Waals surface area contributed by atoms with Crippen molar-refractivity contribution in [3.8, 4) is 0 Å². The minimum atomic E-state index is 0.0370. The standard InChI is InChI=1S/C11H19N/c1-10(2)8-6-7-9-12-11(3,4)5/h6-9H,1-5H3/b7-6+,12-9?. The van der Waals surface area contributed by atoms with Crippen LogP contribution in [0.3, 0.4) is 0 Å². The number of nitrogens with zero attached hydrogens (tertiary/aromatic N) is 1. The Morgan fingerprint density at radius 3 is 2.08 bits per heavy atom. The monoisotopic (exact) mass is 165 g/mol. The molecule has 0 aromatic rings. The van der Waals surface area contributed by atoms with Gasteiger partial charge in [0, 0.05) is 6.21 Å². The minimum absolute atomic E-state index is 0.0370. The molecule has 0 heterocycles. The van der Waals surface area contributed by atoms with Crippen LogP contribution in [0.2, 0.25) is 0 Å². The van der Waals surface area contributed by atoms with Crippen LogP contribution in [-0.4, -0.2) is 11.8 Å². The fourth-order valence-electron chi connectivity index (χ4n) is 0.564.